The standard InChI is InChI=1S/C19H21NO3S2/c1-12-5-8-25-18(12)15-10-16(15)19(23)20-14-4-2-3-13(9-14)11-24-7-6-17(21)22/h2-5,8-9,15-16H,6-7,10-11H2,1H3,(H,20,23)(H,21,22). The van der Waals surface area contributed by atoms with Crippen LogP contribution < -0.4 is 5.32 Å². The number of anilines is 1. The molecule has 6 heteroatoms. The fourth-order valence-corrected chi connectivity index (χ4v) is 4.85. The average molecular weight is 376 g/mol. The summed E-state index contributed by atoms with van der Waals surface area (Å²) in [7, 11) is 0. The second kappa shape index (κ2) is 8.06. The van der Waals surface area contributed by atoms with Gasteiger partial charge in [-0.2, -0.15) is 11.8 Å². The van der Waals surface area contributed by atoms with Crippen molar-refractivity contribution < 1.29 is 14.7 Å². The third-order valence-corrected chi connectivity index (χ3v) is 6.47. The Morgan fingerprint density at radius 2 is 2.20 bits per heavy atom. The lowest BCUT2D eigenvalue weighted by Gasteiger charge is -2.07. The number of rotatable bonds is 8. The Balaban J connectivity index is 1.51. The van der Waals surface area contributed by atoms with Gasteiger partial charge >= 0.3 is 5.97 Å². The molecule has 2 atom stereocenters. The van der Waals surface area contributed by atoms with Crippen molar-refractivity contribution in [1.82, 2.24) is 0 Å². The monoisotopic (exact) mass is 375 g/mol. The van der Waals surface area contributed by atoms with Crippen LogP contribution in [-0.4, -0.2) is 22.7 Å². The molecule has 0 spiro atoms. The Labute approximate surface area is 155 Å². The quantitative estimate of drug-likeness (QED) is 0.667. The smallest absolute Gasteiger partial charge is 0.304 e. The summed E-state index contributed by atoms with van der Waals surface area (Å²) in [6.45, 7) is 2.10. The lowest BCUT2D eigenvalue weighted by atomic mass is 10.2. The minimum absolute atomic E-state index is 0.0750. The van der Waals surface area contributed by atoms with E-state index in [1.54, 1.807) is 23.1 Å². The van der Waals surface area contributed by atoms with E-state index in [1.165, 1.54) is 10.4 Å². The fourth-order valence-electron chi connectivity index (χ4n) is 2.86. The van der Waals surface area contributed by atoms with Crippen molar-refractivity contribution in [1.29, 1.82) is 0 Å². The zero-order chi connectivity index (χ0) is 17.8. The predicted octanol–water partition coefficient (Wildman–Crippen LogP) is 4.51. The molecule has 1 aromatic carbocycles. The lowest BCUT2D eigenvalue weighted by molar-refractivity contribution is -0.136. The van der Waals surface area contributed by atoms with E-state index in [9.17, 15) is 9.59 Å². The van der Waals surface area contributed by atoms with Gasteiger partial charge in [-0.05, 0) is 48.1 Å². The maximum absolute atomic E-state index is 12.5. The van der Waals surface area contributed by atoms with Gasteiger partial charge < -0.3 is 10.4 Å². The predicted molar refractivity (Wildman–Crippen MR) is 103 cm³/mol. The Hall–Kier alpha value is -1.79. The summed E-state index contributed by atoms with van der Waals surface area (Å²) < 4.78 is 0. The van der Waals surface area contributed by atoms with Crippen LogP contribution in [-0.2, 0) is 15.3 Å². The molecule has 25 heavy (non-hydrogen) atoms. The number of amides is 1. The molecule has 4 nitrogen and oxygen atoms in total. The van der Waals surface area contributed by atoms with Gasteiger partial charge in [-0.15, -0.1) is 11.3 Å². The van der Waals surface area contributed by atoms with Crippen LogP contribution in [0.3, 0.4) is 0 Å². The van der Waals surface area contributed by atoms with Crippen molar-refractivity contribution in [3.05, 3.63) is 51.7 Å². The van der Waals surface area contributed by atoms with Crippen LogP contribution in [0.15, 0.2) is 35.7 Å². The molecule has 0 bridgehead atoms. The molecule has 2 unspecified atom stereocenters. The van der Waals surface area contributed by atoms with Crippen molar-refractivity contribution in [3.63, 3.8) is 0 Å². The Bertz CT molecular complexity index is 772. The number of thiophene rings is 1. The highest BCUT2D eigenvalue weighted by atomic mass is 32.2. The molecule has 1 aromatic heterocycles. The van der Waals surface area contributed by atoms with E-state index in [4.69, 9.17) is 5.11 Å². The maximum Gasteiger partial charge on any atom is 0.304 e. The molecular formula is C19H21NO3S2. The van der Waals surface area contributed by atoms with E-state index in [-0.39, 0.29) is 18.2 Å². The number of carbonyl (C=O) groups is 2. The average Bonchev–Trinajstić information content (AvgIpc) is 3.26. The van der Waals surface area contributed by atoms with E-state index < -0.39 is 5.97 Å². The normalized spacial score (nSPS) is 18.8. The maximum atomic E-state index is 12.5. The third-order valence-electron chi connectivity index (χ3n) is 4.29. The van der Waals surface area contributed by atoms with Crippen molar-refractivity contribution in [2.24, 2.45) is 5.92 Å². The van der Waals surface area contributed by atoms with E-state index in [2.05, 4.69) is 23.7 Å². The van der Waals surface area contributed by atoms with Crippen LogP contribution in [0.25, 0.3) is 0 Å². The molecule has 2 aromatic rings. The number of thioether (sulfide) groups is 1. The summed E-state index contributed by atoms with van der Waals surface area (Å²) in [5.74, 6) is 1.11. The van der Waals surface area contributed by atoms with Gasteiger partial charge in [0.15, 0.2) is 0 Å². The highest BCUT2D eigenvalue weighted by molar-refractivity contribution is 7.98. The summed E-state index contributed by atoms with van der Waals surface area (Å²) >= 11 is 3.33. The number of nitrogens with one attached hydrogen (secondary N) is 1. The van der Waals surface area contributed by atoms with Crippen molar-refractivity contribution >= 4 is 40.7 Å². The molecular weight excluding hydrogens is 354 g/mol. The summed E-state index contributed by atoms with van der Waals surface area (Å²) in [6, 6.07) is 9.91. The number of aliphatic carboxylic acids is 1. The summed E-state index contributed by atoms with van der Waals surface area (Å²) in [5.41, 5.74) is 3.19. The first-order valence-corrected chi connectivity index (χ1v) is 10.3. The number of carboxylic acids is 1. The van der Waals surface area contributed by atoms with Crippen LogP contribution in [0.4, 0.5) is 5.69 Å². The molecule has 1 fully saturated rings. The van der Waals surface area contributed by atoms with Gasteiger partial charge in [0.1, 0.15) is 0 Å². The number of aryl methyl sites for hydroxylation is 1. The van der Waals surface area contributed by atoms with Crippen molar-refractivity contribution in [2.45, 2.75) is 31.4 Å². The summed E-state index contributed by atoms with van der Waals surface area (Å²) in [4.78, 5) is 24.3. The molecule has 1 aliphatic carbocycles. The van der Waals surface area contributed by atoms with Crippen LogP contribution in [0.5, 0.6) is 0 Å². The first-order valence-electron chi connectivity index (χ1n) is 8.28. The fraction of sp³-hybridized carbons (Fsp3) is 0.368. The first kappa shape index (κ1) is 18.0. The van der Waals surface area contributed by atoms with Gasteiger partial charge in [0.2, 0.25) is 5.91 Å². The van der Waals surface area contributed by atoms with Gasteiger partial charge in [0.25, 0.3) is 0 Å². The number of hydrogen-bond acceptors (Lipinski definition) is 4. The zero-order valence-electron chi connectivity index (χ0n) is 14.0. The van der Waals surface area contributed by atoms with Gasteiger partial charge in [-0.1, -0.05) is 12.1 Å². The van der Waals surface area contributed by atoms with E-state index >= 15 is 0 Å². The molecule has 1 aliphatic rings. The largest absolute Gasteiger partial charge is 0.481 e. The van der Waals surface area contributed by atoms with Crippen molar-refractivity contribution in [2.75, 3.05) is 11.1 Å². The second-order valence-corrected chi connectivity index (χ2v) is 8.36. The van der Waals surface area contributed by atoms with Crippen LogP contribution >= 0.6 is 23.1 Å². The number of benzene rings is 1. The lowest BCUT2D eigenvalue weighted by Crippen LogP contribution is -2.14. The molecule has 0 aliphatic heterocycles. The SMILES string of the molecule is Cc1ccsc1C1CC1C(=O)Nc1cccc(CSCCC(=O)O)c1. The molecule has 1 saturated carbocycles. The van der Waals surface area contributed by atoms with E-state index in [0.29, 0.717) is 11.7 Å². The Morgan fingerprint density at radius 1 is 1.36 bits per heavy atom. The zero-order valence-corrected chi connectivity index (χ0v) is 15.7. The highest BCUT2D eigenvalue weighted by Crippen LogP contribution is 2.50. The minimum Gasteiger partial charge on any atom is -0.481 e. The van der Waals surface area contributed by atoms with Crippen LogP contribution in [0, 0.1) is 12.8 Å². The van der Waals surface area contributed by atoms with E-state index in [0.717, 1.165) is 23.4 Å². The van der Waals surface area contributed by atoms with Gasteiger partial charge in [-0.25, -0.2) is 0 Å². The molecule has 1 amide bonds. The third kappa shape index (κ3) is 4.86. The number of hydrogen-bond donors (Lipinski definition) is 2. The summed E-state index contributed by atoms with van der Waals surface area (Å²) in [5, 5.41) is 13.8. The Morgan fingerprint density at radius 3 is 2.92 bits per heavy atom. The second-order valence-electron chi connectivity index (χ2n) is 6.30. The van der Waals surface area contributed by atoms with E-state index in [1.807, 2.05) is 24.3 Å². The van der Waals surface area contributed by atoms with Gasteiger partial charge in [-0.3, -0.25) is 9.59 Å². The molecule has 0 saturated heterocycles. The highest BCUT2D eigenvalue weighted by Gasteiger charge is 2.45. The Kier molecular flexibility index (Phi) is 5.81. The molecule has 3 rings (SSSR count). The molecule has 1 heterocycles. The molecule has 132 valence electrons. The van der Waals surface area contributed by atoms with Crippen LogP contribution in [0.1, 0.15) is 34.8 Å². The molecule has 0 radical (unpaired) electrons. The van der Waals surface area contributed by atoms with Crippen molar-refractivity contribution in [3.8, 4) is 0 Å². The number of carbonyl (C=O) groups excluding carboxylic acids is 1. The minimum atomic E-state index is -0.770. The molecule has 2 N–H and O–H groups in total. The van der Waals surface area contributed by atoms with Gasteiger partial charge in [0, 0.05) is 33.9 Å². The number of carboxylic acid groups (broad SMARTS) is 1. The first-order chi connectivity index (χ1) is 12.0. The topological polar surface area (TPSA) is 66.4 Å². The summed E-state index contributed by atoms with van der Waals surface area (Å²) in [6.07, 6.45) is 1.10. The van der Waals surface area contributed by atoms with Gasteiger partial charge in [0.05, 0.1) is 6.42 Å². The van der Waals surface area contributed by atoms with Crippen LogP contribution in [0.2, 0.25) is 0 Å².